The molecule has 0 saturated heterocycles. The van der Waals surface area contributed by atoms with E-state index in [1.807, 2.05) is 5.51 Å². The smallest absolute Gasteiger partial charge is 0.341 e. The predicted octanol–water partition coefficient (Wildman–Crippen LogP) is 4.92. The number of hydrogen-bond donors (Lipinski definition) is 1. The minimum Gasteiger partial charge on any atom is -0.493 e. The monoisotopic (exact) mass is 402 g/mol. The summed E-state index contributed by atoms with van der Waals surface area (Å²) in [6.07, 6.45) is 0. The van der Waals surface area contributed by atoms with Crippen LogP contribution in [0.3, 0.4) is 0 Å². The fourth-order valence-corrected chi connectivity index (χ4v) is 4.09. The summed E-state index contributed by atoms with van der Waals surface area (Å²) in [6, 6.07) is 6.06. The number of aromatic carboxylic acids is 1. The van der Waals surface area contributed by atoms with Crippen molar-refractivity contribution in [3.63, 3.8) is 0 Å². The lowest BCUT2D eigenvalue weighted by Gasteiger charge is -2.10. The van der Waals surface area contributed by atoms with Crippen molar-refractivity contribution in [1.29, 1.82) is 0 Å². The first kappa shape index (κ1) is 19.1. The number of benzene rings is 2. The zero-order valence-corrected chi connectivity index (χ0v) is 16.9. The summed E-state index contributed by atoms with van der Waals surface area (Å²) in [5.74, 6) is -0.475. The summed E-state index contributed by atoms with van der Waals surface area (Å²) >= 11 is 3.06. The van der Waals surface area contributed by atoms with Crippen LogP contribution in [0.4, 0.5) is 0 Å². The summed E-state index contributed by atoms with van der Waals surface area (Å²) in [5.41, 5.74) is 7.75. The van der Waals surface area contributed by atoms with Crippen molar-refractivity contribution in [2.45, 2.75) is 13.8 Å². The number of carboxylic acid groups (broad SMARTS) is 1. The normalized spacial score (nSPS) is 10.5. The van der Waals surface area contributed by atoms with E-state index in [0.717, 1.165) is 10.2 Å². The number of aryl methyl sites for hydroxylation is 2. The number of rotatable bonds is 3. The van der Waals surface area contributed by atoms with Gasteiger partial charge in [-0.15, -0.1) is 22.7 Å². The van der Waals surface area contributed by atoms with Crippen LogP contribution in [0.1, 0.15) is 21.5 Å². The molecule has 2 aromatic carbocycles. The quantitative estimate of drug-likeness (QED) is 0.523. The van der Waals surface area contributed by atoms with Gasteiger partial charge in [-0.05, 0) is 37.1 Å². The largest absolute Gasteiger partial charge is 0.493 e. The molecule has 0 aliphatic heterocycles. The Balaban J connectivity index is 0.000000166. The highest BCUT2D eigenvalue weighted by molar-refractivity contribution is 7.17. The SMILES string of the molecule is COc1cc2scnc2c(C(=O)O)c1OC.Cc1cc2ncsc2cc1C. The summed E-state index contributed by atoms with van der Waals surface area (Å²) < 4.78 is 12.2. The molecule has 140 valence electrons. The van der Waals surface area contributed by atoms with Crippen LogP contribution in [0, 0.1) is 13.8 Å². The lowest BCUT2D eigenvalue weighted by atomic mass is 10.1. The van der Waals surface area contributed by atoms with Gasteiger partial charge in [-0.3, -0.25) is 0 Å². The van der Waals surface area contributed by atoms with Crippen LogP contribution in [0.5, 0.6) is 11.5 Å². The molecule has 6 nitrogen and oxygen atoms in total. The molecule has 2 heterocycles. The summed E-state index contributed by atoms with van der Waals surface area (Å²) in [7, 11) is 2.87. The number of fused-ring (bicyclic) bond motifs is 2. The summed E-state index contributed by atoms with van der Waals surface area (Å²) in [5, 5.41) is 9.16. The second kappa shape index (κ2) is 7.89. The molecule has 0 aliphatic rings. The highest BCUT2D eigenvalue weighted by Gasteiger charge is 2.22. The van der Waals surface area contributed by atoms with Gasteiger partial charge in [0.05, 0.1) is 45.7 Å². The lowest BCUT2D eigenvalue weighted by molar-refractivity contribution is 0.0694. The Morgan fingerprint density at radius 1 is 0.963 bits per heavy atom. The molecule has 4 rings (SSSR count). The van der Waals surface area contributed by atoms with Gasteiger partial charge in [0.25, 0.3) is 0 Å². The molecule has 2 aromatic heterocycles. The van der Waals surface area contributed by atoms with Crippen molar-refractivity contribution in [3.8, 4) is 11.5 Å². The van der Waals surface area contributed by atoms with E-state index in [4.69, 9.17) is 14.6 Å². The number of carboxylic acids is 1. The Hall–Kier alpha value is -2.71. The third-order valence-corrected chi connectivity index (χ3v) is 5.70. The summed E-state index contributed by atoms with van der Waals surface area (Å²) in [6.45, 7) is 4.25. The van der Waals surface area contributed by atoms with Crippen LogP contribution < -0.4 is 9.47 Å². The number of ether oxygens (including phenoxy) is 2. The van der Waals surface area contributed by atoms with Crippen molar-refractivity contribution in [1.82, 2.24) is 9.97 Å². The van der Waals surface area contributed by atoms with Gasteiger partial charge < -0.3 is 14.6 Å². The van der Waals surface area contributed by atoms with Crippen molar-refractivity contribution in [3.05, 3.63) is 45.9 Å². The van der Waals surface area contributed by atoms with Gasteiger partial charge in [-0.25, -0.2) is 14.8 Å². The van der Waals surface area contributed by atoms with Gasteiger partial charge in [0.15, 0.2) is 11.5 Å². The third kappa shape index (κ3) is 3.72. The first-order valence-electron chi connectivity index (χ1n) is 7.98. The molecule has 0 bridgehead atoms. The molecular weight excluding hydrogens is 384 g/mol. The molecule has 4 aromatic rings. The fourth-order valence-electron chi connectivity index (χ4n) is 2.62. The zero-order chi connectivity index (χ0) is 19.6. The second-order valence-corrected chi connectivity index (χ2v) is 7.52. The molecule has 1 N–H and O–H groups in total. The van der Waals surface area contributed by atoms with Gasteiger partial charge >= 0.3 is 5.97 Å². The Labute approximate surface area is 164 Å². The van der Waals surface area contributed by atoms with Crippen molar-refractivity contribution in [2.24, 2.45) is 0 Å². The van der Waals surface area contributed by atoms with Crippen molar-refractivity contribution < 1.29 is 19.4 Å². The fraction of sp³-hybridized carbons (Fsp3) is 0.211. The number of carbonyl (C=O) groups is 1. The number of nitrogens with zero attached hydrogens (tertiary/aromatic N) is 2. The van der Waals surface area contributed by atoms with Gasteiger partial charge in [-0.1, -0.05) is 0 Å². The molecule has 0 spiro atoms. The number of methoxy groups -OCH3 is 2. The molecule has 0 saturated carbocycles. The maximum atomic E-state index is 11.2. The lowest BCUT2D eigenvalue weighted by Crippen LogP contribution is -2.03. The standard InChI is InChI=1S/C10H9NO4S.C9H9NS/c1-14-5-3-6-8(11-4-16-6)7(10(12)13)9(5)15-2;1-6-3-8-9(4-7(6)2)11-5-10-8/h3-4H,1-2H3,(H,12,13);3-5H,1-2H3. The Kier molecular flexibility index (Phi) is 5.57. The average molecular weight is 402 g/mol. The van der Waals surface area contributed by atoms with Crippen LogP contribution >= 0.6 is 22.7 Å². The number of hydrogen-bond acceptors (Lipinski definition) is 7. The van der Waals surface area contributed by atoms with Gasteiger partial charge in [-0.2, -0.15) is 0 Å². The molecule has 0 fully saturated rings. The maximum absolute atomic E-state index is 11.2. The molecule has 27 heavy (non-hydrogen) atoms. The molecular formula is C19H18N2O4S2. The second-order valence-electron chi connectivity index (χ2n) is 5.75. The van der Waals surface area contributed by atoms with Crippen LogP contribution in [0.25, 0.3) is 20.4 Å². The molecule has 0 atom stereocenters. The highest BCUT2D eigenvalue weighted by Crippen LogP contribution is 2.38. The minimum absolute atomic E-state index is 0.0399. The first-order valence-corrected chi connectivity index (χ1v) is 9.74. The predicted molar refractivity (Wildman–Crippen MR) is 109 cm³/mol. The van der Waals surface area contributed by atoms with Crippen LogP contribution in [0.2, 0.25) is 0 Å². The Morgan fingerprint density at radius 2 is 1.63 bits per heavy atom. The van der Waals surface area contributed by atoms with Crippen LogP contribution in [0.15, 0.2) is 29.2 Å². The maximum Gasteiger partial charge on any atom is 0.341 e. The van der Waals surface area contributed by atoms with E-state index in [1.165, 1.54) is 41.4 Å². The van der Waals surface area contributed by atoms with Gasteiger partial charge in [0, 0.05) is 6.07 Å². The topological polar surface area (TPSA) is 81.5 Å². The zero-order valence-electron chi connectivity index (χ0n) is 15.3. The third-order valence-electron chi connectivity index (χ3n) is 4.13. The van der Waals surface area contributed by atoms with E-state index in [2.05, 4.69) is 35.9 Å². The van der Waals surface area contributed by atoms with E-state index >= 15 is 0 Å². The van der Waals surface area contributed by atoms with Crippen LogP contribution in [-0.2, 0) is 0 Å². The molecule has 8 heteroatoms. The van der Waals surface area contributed by atoms with E-state index in [-0.39, 0.29) is 11.3 Å². The van der Waals surface area contributed by atoms with Gasteiger partial charge in [0.2, 0.25) is 0 Å². The molecule has 0 amide bonds. The summed E-state index contributed by atoms with van der Waals surface area (Å²) in [4.78, 5) is 19.5. The van der Waals surface area contributed by atoms with E-state index in [9.17, 15) is 4.79 Å². The number of aromatic nitrogens is 2. The molecule has 0 aliphatic carbocycles. The van der Waals surface area contributed by atoms with Crippen molar-refractivity contribution in [2.75, 3.05) is 14.2 Å². The minimum atomic E-state index is -1.08. The molecule has 0 radical (unpaired) electrons. The molecule has 0 unspecified atom stereocenters. The first-order chi connectivity index (χ1) is 13.0. The van der Waals surface area contributed by atoms with Gasteiger partial charge in [0.1, 0.15) is 5.56 Å². The van der Waals surface area contributed by atoms with E-state index in [1.54, 1.807) is 22.9 Å². The highest BCUT2D eigenvalue weighted by atomic mass is 32.1. The van der Waals surface area contributed by atoms with E-state index < -0.39 is 5.97 Å². The van der Waals surface area contributed by atoms with E-state index in [0.29, 0.717) is 11.3 Å². The van der Waals surface area contributed by atoms with Crippen LogP contribution in [-0.4, -0.2) is 35.3 Å². The van der Waals surface area contributed by atoms with Crippen molar-refractivity contribution >= 4 is 49.1 Å². The Bertz CT molecular complexity index is 1080. The average Bonchev–Trinajstić information content (AvgIpc) is 3.29. The Morgan fingerprint density at radius 3 is 2.30 bits per heavy atom. The number of thiazole rings is 2.